The average Bonchev–Trinajstić information content (AvgIpc) is 3.00. The summed E-state index contributed by atoms with van der Waals surface area (Å²) in [6, 6.07) is 0. The fourth-order valence-corrected chi connectivity index (χ4v) is 3.65. The van der Waals surface area contributed by atoms with Crippen LogP contribution in [0.5, 0.6) is 0 Å². The molecule has 2 atom stereocenters. The first kappa shape index (κ1) is 22.0. The zero-order valence-electron chi connectivity index (χ0n) is 16.8. The Morgan fingerprint density at radius 1 is 1.04 bits per heavy atom. The highest BCUT2D eigenvalue weighted by molar-refractivity contribution is 5.69. The van der Waals surface area contributed by atoms with Gasteiger partial charge in [0.25, 0.3) is 0 Å². The number of hydrogen-bond donors (Lipinski definition) is 0. The summed E-state index contributed by atoms with van der Waals surface area (Å²) in [5.41, 5.74) is 0. The topological polar surface area (TPSA) is 26.3 Å². The van der Waals surface area contributed by atoms with Gasteiger partial charge in [-0.05, 0) is 70.6 Å². The molecule has 0 aliphatic heterocycles. The third-order valence-electron chi connectivity index (χ3n) is 5.05. The molecule has 1 rings (SSSR count). The van der Waals surface area contributed by atoms with Crippen LogP contribution in [0.15, 0.2) is 24.3 Å². The largest absolute Gasteiger partial charge is 0.463 e. The molecule has 0 N–H and O–H groups in total. The fraction of sp³-hybridized carbons (Fsp3) is 0.783. The van der Waals surface area contributed by atoms with E-state index in [1.165, 1.54) is 57.8 Å². The molecule has 0 aromatic heterocycles. The molecule has 0 aromatic carbocycles. The van der Waals surface area contributed by atoms with E-state index in [1.807, 2.05) is 13.8 Å². The molecule has 1 saturated carbocycles. The highest BCUT2D eigenvalue weighted by Crippen LogP contribution is 2.35. The molecule has 144 valence electrons. The molecule has 0 heterocycles. The molecular weight excluding hydrogens is 308 g/mol. The van der Waals surface area contributed by atoms with Crippen molar-refractivity contribution in [3.05, 3.63) is 24.3 Å². The second kappa shape index (κ2) is 14.2. The number of ether oxygens (including phenoxy) is 1. The van der Waals surface area contributed by atoms with E-state index in [1.54, 1.807) is 0 Å². The van der Waals surface area contributed by atoms with Crippen LogP contribution in [0.3, 0.4) is 0 Å². The van der Waals surface area contributed by atoms with E-state index in [4.69, 9.17) is 4.74 Å². The molecule has 0 saturated heterocycles. The Morgan fingerprint density at radius 3 is 2.60 bits per heavy atom. The SMILES string of the molecule is CCCCCCC=C[C@H]1CCC[C@@H]1CC=CCCCC(=O)OC(C)C. The highest BCUT2D eigenvalue weighted by atomic mass is 16.5. The van der Waals surface area contributed by atoms with Crippen LogP contribution in [-0.4, -0.2) is 12.1 Å². The summed E-state index contributed by atoms with van der Waals surface area (Å²) >= 11 is 0. The molecule has 0 bridgehead atoms. The van der Waals surface area contributed by atoms with E-state index in [0.29, 0.717) is 6.42 Å². The Bertz CT molecular complexity index is 395. The van der Waals surface area contributed by atoms with Crippen LogP contribution in [0, 0.1) is 11.8 Å². The summed E-state index contributed by atoms with van der Waals surface area (Å²) in [5.74, 6) is 1.55. The first-order chi connectivity index (χ1) is 12.1. The second-order valence-electron chi connectivity index (χ2n) is 7.77. The van der Waals surface area contributed by atoms with E-state index < -0.39 is 0 Å². The lowest BCUT2D eigenvalue weighted by Gasteiger charge is -2.14. The summed E-state index contributed by atoms with van der Waals surface area (Å²) in [6.45, 7) is 6.06. The van der Waals surface area contributed by atoms with Gasteiger partial charge in [-0.15, -0.1) is 0 Å². The van der Waals surface area contributed by atoms with Gasteiger partial charge in [0.1, 0.15) is 0 Å². The van der Waals surface area contributed by atoms with E-state index in [2.05, 4.69) is 31.2 Å². The normalized spacial score (nSPS) is 21.0. The predicted octanol–water partition coefficient (Wildman–Crippen LogP) is 7.00. The van der Waals surface area contributed by atoms with Crippen LogP contribution in [0.4, 0.5) is 0 Å². The Kier molecular flexibility index (Phi) is 12.5. The lowest BCUT2D eigenvalue weighted by atomic mass is 9.92. The van der Waals surface area contributed by atoms with Crippen molar-refractivity contribution in [3.63, 3.8) is 0 Å². The molecule has 0 spiro atoms. The van der Waals surface area contributed by atoms with Crippen LogP contribution in [0.2, 0.25) is 0 Å². The van der Waals surface area contributed by atoms with Gasteiger partial charge in [0.15, 0.2) is 0 Å². The van der Waals surface area contributed by atoms with E-state index in [9.17, 15) is 4.79 Å². The van der Waals surface area contributed by atoms with Gasteiger partial charge in [0.05, 0.1) is 6.10 Å². The first-order valence-corrected chi connectivity index (χ1v) is 10.6. The van der Waals surface area contributed by atoms with Crippen molar-refractivity contribution in [1.29, 1.82) is 0 Å². The van der Waals surface area contributed by atoms with Crippen molar-refractivity contribution in [3.8, 4) is 0 Å². The van der Waals surface area contributed by atoms with Crippen LogP contribution in [0.25, 0.3) is 0 Å². The Hall–Kier alpha value is -1.05. The standard InChI is InChI=1S/C23H40O2/c1-4-5-6-7-8-11-15-21-17-14-18-22(21)16-12-9-10-13-19-23(24)25-20(2)3/h9,11-12,15,20-22H,4-8,10,13-14,16-19H2,1-3H3/t21-,22-/m0/s1. The zero-order chi connectivity index (χ0) is 18.3. The summed E-state index contributed by atoms with van der Waals surface area (Å²) in [7, 11) is 0. The number of carbonyl (C=O) groups excluding carboxylic acids is 1. The molecule has 2 heteroatoms. The quantitative estimate of drug-likeness (QED) is 0.203. The number of unbranched alkanes of at least 4 members (excludes halogenated alkanes) is 5. The predicted molar refractivity (Wildman–Crippen MR) is 108 cm³/mol. The molecule has 0 unspecified atom stereocenters. The Balaban J connectivity index is 2.13. The molecule has 1 aliphatic carbocycles. The number of esters is 1. The van der Waals surface area contributed by atoms with Gasteiger partial charge in [-0.2, -0.15) is 0 Å². The molecule has 25 heavy (non-hydrogen) atoms. The minimum Gasteiger partial charge on any atom is -0.463 e. The Morgan fingerprint density at radius 2 is 1.84 bits per heavy atom. The number of carbonyl (C=O) groups is 1. The van der Waals surface area contributed by atoms with Crippen LogP contribution in [-0.2, 0) is 9.53 Å². The Labute approximate surface area is 156 Å². The van der Waals surface area contributed by atoms with Crippen molar-refractivity contribution in [2.75, 3.05) is 0 Å². The van der Waals surface area contributed by atoms with Crippen molar-refractivity contribution in [2.45, 2.75) is 104 Å². The smallest absolute Gasteiger partial charge is 0.306 e. The van der Waals surface area contributed by atoms with Gasteiger partial charge in [-0.25, -0.2) is 0 Å². The molecule has 2 nitrogen and oxygen atoms in total. The third-order valence-corrected chi connectivity index (χ3v) is 5.05. The van der Waals surface area contributed by atoms with Gasteiger partial charge in [0.2, 0.25) is 0 Å². The maximum atomic E-state index is 11.5. The summed E-state index contributed by atoms with van der Waals surface area (Å²) in [4.78, 5) is 11.5. The first-order valence-electron chi connectivity index (χ1n) is 10.6. The number of rotatable bonds is 13. The van der Waals surface area contributed by atoms with Crippen molar-refractivity contribution in [1.82, 2.24) is 0 Å². The third kappa shape index (κ3) is 11.2. The van der Waals surface area contributed by atoms with Crippen LogP contribution < -0.4 is 0 Å². The van der Waals surface area contributed by atoms with E-state index >= 15 is 0 Å². The molecule has 0 amide bonds. The lowest BCUT2D eigenvalue weighted by Crippen LogP contribution is -2.10. The number of hydrogen-bond acceptors (Lipinski definition) is 2. The maximum Gasteiger partial charge on any atom is 0.306 e. The van der Waals surface area contributed by atoms with Crippen molar-refractivity contribution >= 4 is 5.97 Å². The van der Waals surface area contributed by atoms with Gasteiger partial charge in [-0.3, -0.25) is 4.79 Å². The van der Waals surface area contributed by atoms with E-state index in [-0.39, 0.29) is 12.1 Å². The minimum atomic E-state index is -0.0664. The molecular formula is C23H40O2. The lowest BCUT2D eigenvalue weighted by molar-refractivity contribution is -0.147. The van der Waals surface area contributed by atoms with Gasteiger partial charge in [0, 0.05) is 6.42 Å². The average molecular weight is 349 g/mol. The van der Waals surface area contributed by atoms with Gasteiger partial charge < -0.3 is 4.74 Å². The maximum absolute atomic E-state index is 11.5. The van der Waals surface area contributed by atoms with Gasteiger partial charge in [-0.1, -0.05) is 56.9 Å². The second-order valence-corrected chi connectivity index (χ2v) is 7.77. The van der Waals surface area contributed by atoms with Gasteiger partial charge >= 0.3 is 5.97 Å². The van der Waals surface area contributed by atoms with Crippen molar-refractivity contribution in [2.24, 2.45) is 11.8 Å². The van der Waals surface area contributed by atoms with E-state index in [0.717, 1.165) is 24.7 Å². The van der Waals surface area contributed by atoms with Crippen molar-refractivity contribution < 1.29 is 9.53 Å². The fourth-order valence-electron chi connectivity index (χ4n) is 3.65. The molecule has 0 radical (unpaired) electrons. The summed E-state index contributed by atoms with van der Waals surface area (Å²) < 4.78 is 5.15. The number of allylic oxidation sites excluding steroid dienone is 4. The highest BCUT2D eigenvalue weighted by Gasteiger charge is 2.23. The zero-order valence-corrected chi connectivity index (χ0v) is 16.8. The summed E-state index contributed by atoms with van der Waals surface area (Å²) in [5, 5.41) is 0. The minimum absolute atomic E-state index is 0.00189. The summed E-state index contributed by atoms with van der Waals surface area (Å²) in [6.07, 6.45) is 23.9. The monoisotopic (exact) mass is 348 g/mol. The molecule has 1 fully saturated rings. The molecule has 0 aromatic rings. The van der Waals surface area contributed by atoms with Crippen LogP contribution >= 0.6 is 0 Å². The van der Waals surface area contributed by atoms with Crippen LogP contribution in [0.1, 0.15) is 97.8 Å². The molecule has 1 aliphatic rings.